The fourth-order valence-corrected chi connectivity index (χ4v) is 12.0. The number of carbonyl (C=O) groups is 1. The number of halogens is 1. The molecule has 0 heterocycles. The van der Waals surface area contributed by atoms with E-state index in [2.05, 4.69) is 113 Å². The molecular formula is C28H26BrO2P. The molecule has 4 aromatic rings. The van der Waals surface area contributed by atoms with Gasteiger partial charge in [0, 0.05) is 0 Å². The second-order valence-corrected chi connectivity index (χ2v) is 16.7. The predicted octanol–water partition coefficient (Wildman–Crippen LogP) is 6.20. The van der Waals surface area contributed by atoms with Crippen molar-refractivity contribution in [1.29, 1.82) is 0 Å². The molecule has 0 aromatic heterocycles. The molecule has 0 saturated carbocycles. The fraction of sp³-hybridized carbons (Fsp3) is 0.107. The molecule has 4 rings (SSSR count). The van der Waals surface area contributed by atoms with Crippen molar-refractivity contribution in [3.63, 3.8) is 0 Å². The van der Waals surface area contributed by atoms with E-state index >= 15 is 0 Å². The summed E-state index contributed by atoms with van der Waals surface area (Å²) in [7, 11) is 0. The molecule has 32 heavy (non-hydrogen) atoms. The molecule has 0 bridgehead atoms. The summed E-state index contributed by atoms with van der Waals surface area (Å²) in [6.45, 7) is 2.19. The molecule has 4 aromatic carbocycles. The molecular weight excluding hydrogens is 479 g/mol. The topological polar surface area (TPSA) is 26.3 Å². The standard InChI is InChI=1S/C28H26BrO2P/c1-2-31-28(30)24-14-12-13-23(21-24)22-32(29,25-15-6-3-7-16-25,26-17-8-4-9-18-26)27-19-10-5-11-20-27/h3-21H,2,22H2,1H3. The van der Waals surface area contributed by atoms with Crippen molar-refractivity contribution in [3.05, 3.63) is 126 Å². The van der Waals surface area contributed by atoms with Crippen LogP contribution in [0.15, 0.2) is 115 Å². The molecule has 2 nitrogen and oxygen atoms in total. The van der Waals surface area contributed by atoms with E-state index in [1.807, 2.05) is 25.1 Å². The van der Waals surface area contributed by atoms with Gasteiger partial charge in [-0.2, -0.15) is 0 Å². The number of rotatable bonds is 7. The van der Waals surface area contributed by atoms with Gasteiger partial charge in [0.05, 0.1) is 0 Å². The summed E-state index contributed by atoms with van der Waals surface area (Å²) in [5.41, 5.74) is 1.66. The van der Waals surface area contributed by atoms with Gasteiger partial charge in [-0.05, 0) is 0 Å². The fourth-order valence-electron chi connectivity index (χ4n) is 4.29. The molecule has 0 saturated heterocycles. The predicted molar refractivity (Wildman–Crippen MR) is 140 cm³/mol. The third-order valence-electron chi connectivity index (χ3n) is 5.80. The Morgan fingerprint density at radius 2 is 1.19 bits per heavy atom. The van der Waals surface area contributed by atoms with Crippen LogP contribution < -0.4 is 15.9 Å². The van der Waals surface area contributed by atoms with Crippen LogP contribution in [0.4, 0.5) is 0 Å². The Labute approximate surface area is 197 Å². The molecule has 0 aliphatic carbocycles. The van der Waals surface area contributed by atoms with Gasteiger partial charge in [0.15, 0.2) is 0 Å². The number of esters is 1. The third-order valence-corrected chi connectivity index (χ3v) is 15.3. The van der Waals surface area contributed by atoms with Crippen molar-refractivity contribution in [2.45, 2.75) is 13.1 Å². The summed E-state index contributed by atoms with van der Waals surface area (Å²) in [5.74, 6) is -0.289. The van der Waals surface area contributed by atoms with E-state index < -0.39 is 5.31 Å². The van der Waals surface area contributed by atoms with Crippen LogP contribution in [0, 0.1) is 0 Å². The van der Waals surface area contributed by atoms with Gasteiger partial charge in [0.25, 0.3) is 0 Å². The van der Waals surface area contributed by atoms with Gasteiger partial charge in [0.1, 0.15) is 0 Å². The van der Waals surface area contributed by atoms with Crippen LogP contribution in [0.2, 0.25) is 0 Å². The van der Waals surface area contributed by atoms with Gasteiger partial charge < -0.3 is 0 Å². The first-order valence-electron chi connectivity index (χ1n) is 10.7. The number of hydrogen-bond donors (Lipinski definition) is 0. The second-order valence-electron chi connectivity index (χ2n) is 7.77. The van der Waals surface area contributed by atoms with Crippen LogP contribution in [-0.2, 0) is 10.9 Å². The van der Waals surface area contributed by atoms with E-state index in [1.165, 1.54) is 15.9 Å². The summed E-state index contributed by atoms with van der Waals surface area (Å²) in [6, 6.07) is 39.8. The minimum absolute atomic E-state index is 0.289. The minimum atomic E-state index is -3.10. The molecule has 0 atom stereocenters. The van der Waals surface area contributed by atoms with Gasteiger partial charge in [0.2, 0.25) is 0 Å². The Bertz CT molecular complexity index is 1090. The van der Waals surface area contributed by atoms with Gasteiger partial charge in [-0.25, -0.2) is 0 Å². The number of carbonyl (C=O) groups excluding carboxylic acids is 1. The first-order chi connectivity index (χ1) is 15.6. The normalized spacial score (nSPS) is 12.5. The molecule has 162 valence electrons. The van der Waals surface area contributed by atoms with E-state index in [4.69, 9.17) is 4.74 Å². The first-order valence-corrected chi connectivity index (χ1v) is 15.2. The van der Waals surface area contributed by atoms with Gasteiger partial charge in [-0.1, -0.05) is 0 Å². The SMILES string of the molecule is CCOC(=O)c1cccc(CP(Br)(c2ccccc2)(c2ccccc2)c2ccccc2)c1. The molecule has 0 N–H and O–H groups in total. The van der Waals surface area contributed by atoms with Crippen molar-refractivity contribution >= 4 is 42.7 Å². The van der Waals surface area contributed by atoms with E-state index in [9.17, 15) is 4.79 Å². The Morgan fingerprint density at radius 1 is 0.719 bits per heavy atom. The molecule has 0 aliphatic rings. The Hall–Kier alpha value is -2.74. The molecule has 0 radical (unpaired) electrons. The number of benzene rings is 4. The summed E-state index contributed by atoms with van der Waals surface area (Å²) < 4.78 is 5.25. The summed E-state index contributed by atoms with van der Waals surface area (Å²) in [4.78, 5) is 12.4. The van der Waals surface area contributed by atoms with Gasteiger partial charge in [-0.15, -0.1) is 0 Å². The third kappa shape index (κ3) is 4.03. The number of hydrogen-bond acceptors (Lipinski definition) is 2. The van der Waals surface area contributed by atoms with E-state index in [1.54, 1.807) is 0 Å². The van der Waals surface area contributed by atoms with Crippen LogP contribution in [-0.4, -0.2) is 12.6 Å². The summed E-state index contributed by atoms with van der Waals surface area (Å²) >= 11 is 4.46. The van der Waals surface area contributed by atoms with Crippen LogP contribution in [0.5, 0.6) is 0 Å². The zero-order valence-electron chi connectivity index (χ0n) is 18.0. The van der Waals surface area contributed by atoms with Crippen molar-refractivity contribution in [3.8, 4) is 0 Å². The van der Waals surface area contributed by atoms with Crippen molar-refractivity contribution in [2.24, 2.45) is 0 Å². The maximum absolute atomic E-state index is 12.4. The van der Waals surface area contributed by atoms with Crippen molar-refractivity contribution in [2.75, 3.05) is 6.61 Å². The molecule has 0 unspecified atom stereocenters. The average molecular weight is 505 g/mol. The monoisotopic (exact) mass is 504 g/mol. The quantitative estimate of drug-likeness (QED) is 0.221. The molecule has 0 spiro atoms. The maximum atomic E-state index is 12.4. The Balaban J connectivity index is 1.99. The summed E-state index contributed by atoms with van der Waals surface area (Å²) in [6.07, 6.45) is 0.733. The molecule has 0 aliphatic heterocycles. The van der Waals surface area contributed by atoms with E-state index in [-0.39, 0.29) is 5.97 Å². The van der Waals surface area contributed by atoms with Gasteiger partial charge in [-0.3, -0.25) is 0 Å². The molecule has 0 amide bonds. The zero-order valence-corrected chi connectivity index (χ0v) is 20.5. The van der Waals surface area contributed by atoms with Crippen LogP contribution >= 0.6 is 20.8 Å². The van der Waals surface area contributed by atoms with Crippen LogP contribution in [0.25, 0.3) is 0 Å². The second kappa shape index (κ2) is 9.40. The van der Waals surface area contributed by atoms with Crippen molar-refractivity contribution < 1.29 is 9.53 Å². The van der Waals surface area contributed by atoms with Crippen molar-refractivity contribution in [1.82, 2.24) is 0 Å². The van der Waals surface area contributed by atoms with E-state index in [0.717, 1.165) is 11.7 Å². The number of ether oxygens (including phenoxy) is 1. The van der Waals surface area contributed by atoms with Crippen LogP contribution in [0.3, 0.4) is 0 Å². The Morgan fingerprint density at radius 3 is 1.62 bits per heavy atom. The molecule has 0 fully saturated rings. The zero-order chi connectivity index (χ0) is 22.5. The summed E-state index contributed by atoms with van der Waals surface area (Å²) in [5, 5.41) is 0.643. The molecule has 4 heteroatoms. The Kier molecular flexibility index (Phi) is 6.60. The first kappa shape index (κ1) is 22.5. The van der Waals surface area contributed by atoms with Gasteiger partial charge >= 0.3 is 198 Å². The van der Waals surface area contributed by atoms with E-state index in [0.29, 0.717) is 12.2 Å². The average Bonchev–Trinajstić information content (AvgIpc) is 2.86. The van der Waals surface area contributed by atoms with Crippen LogP contribution in [0.1, 0.15) is 22.8 Å².